The van der Waals surface area contributed by atoms with Crippen LogP contribution in [0.4, 0.5) is 4.79 Å². The topological polar surface area (TPSA) is 77.4 Å². The van der Waals surface area contributed by atoms with E-state index >= 15 is 0 Å². The average Bonchev–Trinajstić information content (AvgIpc) is 2.99. The van der Waals surface area contributed by atoms with E-state index < -0.39 is 18.1 Å². The van der Waals surface area contributed by atoms with E-state index in [0.717, 1.165) is 32.7 Å². The number of hydrogen-bond acceptors (Lipinski definition) is 6. The number of aryl methyl sites for hydroxylation is 1. The van der Waals surface area contributed by atoms with E-state index in [-0.39, 0.29) is 13.2 Å². The van der Waals surface area contributed by atoms with Gasteiger partial charge in [0, 0.05) is 5.71 Å². The van der Waals surface area contributed by atoms with Gasteiger partial charge in [0.1, 0.15) is 12.4 Å². The maximum absolute atomic E-state index is 13.4. The van der Waals surface area contributed by atoms with Crippen LogP contribution in [0.5, 0.6) is 5.75 Å². The number of methoxy groups -OCH3 is 1. The molecule has 0 aliphatic heterocycles. The van der Waals surface area contributed by atoms with Gasteiger partial charge in [-0.25, -0.2) is 9.59 Å². The van der Waals surface area contributed by atoms with Gasteiger partial charge in [-0.05, 0) is 66.3 Å². The second kappa shape index (κ2) is 13.9. The summed E-state index contributed by atoms with van der Waals surface area (Å²) in [7, 11) is 1.66. The van der Waals surface area contributed by atoms with Gasteiger partial charge in [0.2, 0.25) is 0 Å². The van der Waals surface area contributed by atoms with Gasteiger partial charge >= 0.3 is 12.1 Å². The molecule has 0 N–H and O–H groups in total. The summed E-state index contributed by atoms with van der Waals surface area (Å²) < 4.78 is 16.3. The molecule has 0 saturated heterocycles. The summed E-state index contributed by atoms with van der Waals surface area (Å²) >= 11 is 0. The molecule has 1 unspecified atom stereocenters. The highest BCUT2D eigenvalue weighted by Gasteiger charge is 2.34. The summed E-state index contributed by atoms with van der Waals surface area (Å²) in [6, 6.07) is 29.5. The van der Waals surface area contributed by atoms with Crippen molar-refractivity contribution in [3.05, 3.63) is 114 Å². The van der Waals surface area contributed by atoms with Crippen molar-refractivity contribution in [2.24, 2.45) is 5.10 Å². The first-order valence-corrected chi connectivity index (χ1v) is 13.3. The first-order chi connectivity index (χ1) is 19.5. The molecule has 0 bridgehead atoms. The minimum absolute atomic E-state index is 0.0525. The molecule has 7 heteroatoms. The van der Waals surface area contributed by atoms with Crippen molar-refractivity contribution in [2.75, 3.05) is 13.7 Å². The Labute approximate surface area is 235 Å². The molecular formula is C33H34N2O5. The molecule has 4 aromatic rings. The number of benzene rings is 4. The van der Waals surface area contributed by atoms with Gasteiger partial charge in [0.15, 0.2) is 6.04 Å². The number of carbonyl (C=O) groups excluding carboxylic acids is 2. The molecule has 0 heterocycles. The molecule has 40 heavy (non-hydrogen) atoms. The van der Waals surface area contributed by atoms with Crippen LogP contribution in [0.2, 0.25) is 0 Å². The summed E-state index contributed by atoms with van der Waals surface area (Å²) in [5.41, 5.74) is 3.23. The van der Waals surface area contributed by atoms with Crippen molar-refractivity contribution < 1.29 is 23.8 Å². The molecule has 0 spiro atoms. The number of fused-ring (bicyclic) bond motifs is 1. The Morgan fingerprint density at radius 3 is 2.20 bits per heavy atom. The highest BCUT2D eigenvalue weighted by Crippen LogP contribution is 2.26. The minimum atomic E-state index is -1.09. The van der Waals surface area contributed by atoms with Crippen LogP contribution in [0.15, 0.2) is 102 Å². The summed E-state index contributed by atoms with van der Waals surface area (Å²) in [5, 5.41) is 7.95. The third-order valence-electron chi connectivity index (χ3n) is 6.43. The fraction of sp³-hybridized carbons (Fsp3) is 0.242. The first kappa shape index (κ1) is 28.4. The maximum Gasteiger partial charge on any atom is 0.431 e. The predicted octanol–water partition coefficient (Wildman–Crippen LogP) is 7.10. The van der Waals surface area contributed by atoms with Crippen molar-refractivity contribution in [2.45, 2.75) is 39.3 Å². The van der Waals surface area contributed by atoms with Gasteiger partial charge in [-0.1, -0.05) is 84.9 Å². The van der Waals surface area contributed by atoms with Crippen molar-refractivity contribution in [1.29, 1.82) is 0 Å². The average molecular weight is 539 g/mol. The summed E-state index contributed by atoms with van der Waals surface area (Å²) in [6.45, 7) is 3.80. The third kappa shape index (κ3) is 7.47. The Hall–Kier alpha value is -4.65. The van der Waals surface area contributed by atoms with E-state index in [0.29, 0.717) is 24.1 Å². The fourth-order valence-electron chi connectivity index (χ4n) is 4.34. The SMILES string of the molecule is CCOC(=O)C(c1ccccc1)N(/N=C(\C)CCc1ccc2cc(OC)ccc2c1)C(=O)OCc1ccccc1. The lowest BCUT2D eigenvalue weighted by Crippen LogP contribution is -2.37. The Morgan fingerprint density at radius 2 is 1.50 bits per heavy atom. The Bertz CT molecular complexity index is 1450. The zero-order valence-corrected chi connectivity index (χ0v) is 23.1. The second-order valence-electron chi connectivity index (χ2n) is 9.33. The number of rotatable bonds is 11. The van der Waals surface area contributed by atoms with E-state index in [1.807, 2.05) is 61.5 Å². The van der Waals surface area contributed by atoms with E-state index in [4.69, 9.17) is 14.2 Å². The molecular weight excluding hydrogens is 504 g/mol. The highest BCUT2D eigenvalue weighted by atomic mass is 16.6. The van der Waals surface area contributed by atoms with Crippen LogP contribution in [0.1, 0.15) is 43.0 Å². The monoisotopic (exact) mass is 538 g/mol. The Balaban J connectivity index is 1.58. The number of ether oxygens (including phenoxy) is 3. The van der Waals surface area contributed by atoms with Gasteiger partial charge in [-0.15, -0.1) is 0 Å². The minimum Gasteiger partial charge on any atom is -0.497 e. The normalized spacial score (nSPS) is 12.0. The molecule has 1 atom stereocenters. The largest absolute Gasteiger partial charge is 0.497 e. The Kier molecular flexibility index (Phi) is 9.88. The van der Waals surface area contributed by atoms with E-state index in [9.17, 15) is 9.59 Å². The van der Waals surface area contributed by atoms with Crippen molar-refractivity contribution in [1.82, 2.24) is 5.01 Å². The molecule has 206 valence electrons. The molecule has 4 rings (SSSR count). The summed E-state index contributed by atoms with van der Waals surface area (Å²) in [6.07, 6.45) is 0.554. The van der Waals surface area contributed by atoms with Crippen LogP contribution >= 0.6 is 0 Å². The Morgan fingerprint density at radius 1 is 0.825 bits per heavy atom. The zero-order chi connectivity index (χ0) is 28.3. The van der Waals surface area contributed by atoms with Crippen molar-refractivity contribution >= 4 is 28.5 Å². The van der Waals surface area contributed by atoms with Gasteiger partial charge in [0.05, 0.1) is 13.7 Å². The highest BCUT2D eigenvalue weighted by molar-refractivity contribution is 5.87. The smallest absolute Gasteiger partial charge is 0.431 e. The fourth-order valence-corrected chi connectivity index (χ4v) is 4.34. The van der Waals surface area contributed by atoms with Crippen LogP contribution < -0.4 is 4.74 Å². The van der Waals surface area contributed by atoms with Gasteiger partial charge in [0.25, 0.3) is 0 Å². The number of amides is 1. The molecule has 1 amide bonds. The molecule has 0 saturated carbocycles. The van der Waals surface area contributed by atoms with Crippen molar-refractivity contribution in [3.63, 3.8) is 0 Å². The zero-order valence-electron chi connectivity index (χ0n) is 23.1. The lowest BCUT2D eigenvalue weighted by atomic mass is 10.0. The van der Waals surface area contributed by atoms with Crippen LogP contribution in [-0.4, -0.2) is 36.5 Å². The molecule has 0 radical (unpaired) electrons. The van der Waals surface area contributed by atoms with Gasteiger partial charge < -0.3 is 14.2 Å². The van der Waals surface area contributed by atoms with Crippen LogP contribution in [0.3, 0.4) is 0 Å². The second-order valence-corrected chi connectivity index (χ2v) is 9.33. The van der Waals surface area contributed by atoms with Crippen LogP contribution in [0.25, 0.3) is 10.8 Å². The molecule has 0 fully saturated rings. The molecule has 0 aliphatic carbocycles. The first-order valence-electron chi connectivity index (χ1n) is 13.3. The number of nitrogens with zero attached hydrogens (tertiary/aromatic N) is 2. The predicted molar refractivity (Wildman–Crippen MR) is 156 cm³/mol. The quantitative estimate of drug-likeness (QED) is 0.116. The summed E-state index contributed by atoms with van der Waals surface area (Å²) in [4.78, 5) is 26.6. The van der Waals surface area contributed by atoms with E-state index in [1.54, 1.807) is 38.3 Å². The third-order valence-corrected chi connectivity index (χ3v) is 6.43. The number of hydrogen-bond donors (Lipinski definition) is 0. The number of esters is 1. The molecule has 4 aromatic carbocycles. The summed E-state index contributed by atoms with van der Waals surface area (Å²) in [5.74, 6) is 0.240. The van der Waals surface area contributed by atoms with Crippen molar-refractivity contribution in [3.8, 4) is 5.75 Å². The van der Waals surface area contributed by atoms with Gasteiger partial charge in [-0.2, -0.15) is 10.1 Å². The van der Waals surface area contributed by atoms with Crippen LogP contribution in [-0.2, 0) is 27.3 Å². The molecule has 0 aliphatic rings. The standard InChI is InChI=1S/C33H34N2O5/c1-4-39-32(36)31(27-13-9-6-10-14-27)35(33(37)40-23-26-11-7-5-8-12-26)34-24(2)15-16-25-17-18-29-22-30(38-3)20-19-28(29)21-25/h5-14,17-22,31H,4,15-16,23H2,1-3H3/b34-24+. The lowest BCUT2D eigenvalue weighted by molar-refractivity contribution is -0.149. The number of hydrazone groups is 1. The number of carbonyl (C=O) groups is 2. The van der Waals surface area contributed by atoms with E-state index in [1.165, 1.54) is 0 Å². The van der Waals surface area contributed by atoms with Gasteiger partial charge in [-0.3, -0.25) is 0 Å². The molecule has 0 aromatic heterocycles. The lowest BCUT2D eigenvalue weighted by Gasteiger charge is -2.26. The molecule has 7 nitrogen and oxygen atoms in total. The maximum atomic E-state index is 13.4. The van der Waals surface area contributed by atoms with E-state index in [2.05, 4.69) is 23.3 Å². The van der Waals surface area contributed by atoms with Crippen LogP contribution in [0, 0.1) is 0 Å².